The summed E-state index contributed by atoms with van der Waals surface area (Å²) in [6.45, 7) is 0. The van der Waals surface area contributed by atoms with Gasteiger partial charge in [0.25, 0.3) is 0 Å². The summed E-state index contributed by atoms with van der Waals surface area (Å²) < 4.78 is 6.36. The van der Waals surface area contributed by atoms with Crippen molar-refractivity contribution in [3.05, 3.63) is 229 Å². The summed E-state index contributed by atoms with van der Waals surface area (Å²) >= 11 is 0. The van der Waals surface area contributed by atoms with Crippen molar-refractivity contribution in [2.75, 3.05) is 0 Å². The van der Waals surface area contributed by atoms with Gasteiger partial charge in [-0.25, -0.2) is 9.97 Å². The van der Waals surface area contributed by atoms with Crippen LogP contribution in [-0.2, 0) is 5.41 Å². The van der Waals surface area contributed by atoms with Gasteiger partial charge in [-0.2, -0.15) is 0 Å². The minimum absolute atomic E-state index is 0.514. The highest BCUT2D eigenvalue weighted by Crippen LogP contribution is 2.58. The maximum atomic E-state index is 6.36. The summed E-state index contributed by atoms with van der Waals surface area (Å²) in [5.74, 6) is 0.645. The molecule has 0 atom stereocenters. The molecule has 10 aromatic rings. The standard InChI is InChI=1S/C53H34N2O/c1-4-16-35(17-5-1)36-18-14-19-37(32-36)47-34-48(55-52(54-47)38-30-31-42-41-24-11-13-29-49(41)56-50(42)33-38)44-26-15-28-46-51(44)43-25-10-12-27-45(43)53(46,39-20-6-2-7-21-39)40-22-8-3-9-23-40/h1-34H. The lowest BCUT2D eigenvalue weighted by atomic mass is 9.67. The zero-order valence-corrected chi connectivity index (χ0v) is 30.4. The van der Waals surface area contributed by atoms with E-state index in [2.05, 4.69) is 188 Å². The summed E-state index contributed by atoms with van der Waals surface area (Å²) in [6, 6.07) is 73.3. The van der Waals surface area contributed by atoms with Gasteiger partial charge in [-0.1, -0.05) is 176 Å². The fraction of sp³-hybridized carbons (Fsp3) is 0.0189. The third-order valence-corrected chi connectivity index (χ3v) is 11.4. The molecule has 8 aromatic carbocycles. The quantitative estimate of drug-likeness (QED) is 0.172. The van der Waals surface area contributed by atoms with Crippen LogP contribution in [0.15, 0.2) is 211 Å². The molecule has 1 aliphatic rings. The Bertz CT molecular complexity index is 3040. The highest BCUT2D eigenvalue weighted by atomic mass is 16.3. The lowest BCUT2D eigenvalue weighted by Gasteiger charge is -2.33. The van der Waals surface area contributed by atoms with Crippen molar-refractivity contribution in [3.8, 4) is 56.2 Å². The van der Waals surface area contributed by atoms with Crippen molar-refractivity contribution in [3.63, 3.8) is 0 Å². The van der Waals surface area contributed by atoms with Crippen LogP contribution in [-0.4, -0.2) is 9.97 Å². The molecule has 0 fully saturated rings. The monoisotopic (exact) mass is 714 g/mol. The molecule has 56 heavy (non-hydrogen) atoms. The molecule has 11 rings (SSSR count). The SMILES string of the molecule is c1ccc(-c2cccc(-c3cc(-c4cccc5c4-c4ccccc4C5(c4ccccc4)c4ccccc4)nc(-c4ccc5c(c4)oc4ccccc45)n3)c2)cc1. The molecule has 3 nitrogen and oxygen atoms in total. The van der Waals surface area contributed by atoms with Gasteiger partial charge in [0.05, 0.1) is 16.8 Å². The molecule has 0 amide bonds. The zero-order chi connectivity index (χ0) is 37.1. The predicted molar refractivity (Wildman–Crippen MR) is 228 cm³/mol. The summed E-state index contributed by atoms with van der Waals surface area (Å²) in [7, 11) is 0. The topological polar surface area (TPSA) is 38.9 Å². The number of fused-ring (bicyclic) bond motifs is 6. The molecule has 0 saturated carbocycles. The average Bonchev–Trinajstić information content (AvgIpc) is 3.81. The molecular formula is C53H34N2O. The minimum Gasteiger partial charge on any atom is -0.456 e. The first-order chi connectivity index (χ1) is 27.8. The van der Waals surface area contributed by atoms with E-state index >= 15 is 0 Å². The molecule has 0 aliphatic heterocycles. The molecule has 0 unspecified atom stereocenters. The zero-order valence-electron chi connectivity index (χ0n) is 30.4. The molecular weight excluding hydrogens is 681 g/mol. The second-order valence-corrected chi connectivity index (χ2v) is 14.5. The van der Waals surface area contributed by atoms with Gasteiger partial charge in [0.15, 0.2) is 5.82 Å². The van der Waals surface area contributed by atoms with Crippen LogP contribution >= 0.6 is 0 Å². The van der Waals surface area contributed by atoms with Crippen molar-refractivity contribution in [1.29, 1.82) is 0 Å². The van der Waals surface area contributed by atoms with Gasteiger partial charge in [0.2, 0.25) is 0 Å². The van der Waals surface area contributed by atoms with E-state index in [1.807, 2.05) is 18.2 Å². The lowest BCUT2D eigenvalue weighted by Crippen LogP contribution is -2.28. The molecule has 2 heterocycles. The molecule has 0 saturated heterocycles. The smallest absolute Gasteiger partial charge is 0.160 e. The van der Waals surface area contributed by atoms with Crippen molar-refractivity contribution in [2.45, 2.75) is 5.41 Å². The highest BCUT2D eigenvalue weighted by molar-refractivity contribution is 6.06. The first-order valence-corrected chi connectivity index (χ1v) is 19.1. The van der Waals surface area contributed by atoms with E-state index in [9.17, 15) is 0 Å². The third kappa shape index (κ3) is 4.98. The van der Waals surface area contributed by atoms with Crippen molar-refractivity contribution >= 4 is 21.9 Å². The Balaban J connectivity index is 1.17. The van der Waals surface area contributed by atoms with E-state index in [0.717, 1.165) is 61.1 Å². The molecule has 0 N–H and O–H groups in total. The van der Waals surface area contributed by atoms with Crippen LogP contribution in [0.3, 0.4) is 0 Å². The van der Waals surface area contributed by atoms with E-state index in [0.29, 0.717) is 5.82 Å². The maximum Gasteiger partial charge on any atom is 0.160 e. The van der Waals surface area contributed by atoms with Crippen molar-refractivity contribution in [2.24, 2.45) is 0 Å². The number of para-hydroxylation sites is 1. The summed E-state index contributed by atoms with van der Waals surface area (Å²) in [5, 5.41) is 2.17. The first-order valence-electron chi connectivity index (χ1n) is 19.1. The Morgan fingerprint density at radius 1 is 0.357 bits per heavy atom. The second kappa shape index (κ2) is 12.9. The van der Waals surface area contributed by atoms with Gasteiger partial charge in [0, 0.05) is 27.5 Å². The average molecular weight is 715 g/mol. The van der Waals surface area contributed by atoms with Crippen LogP contribution < -0.4 is 0 Å². The number of aromatic nitrogens is 2. The lowest BCUT2D eigenvalue weighted by molar-refractivity contribution is 0.669. The van der Waals surface area contributed by atoms with E-state index < -0.39 is 5.41 Å². The number of benzene rings is 8. The molecule has 1 aliphatic carbocycles. The Hall–Kier alpha value is -7.36. The van der Waals surface area contributed by atoms with Crippen LogP contribution in [0.1, 0.15) is 22.3 Å². The van der Waals surface area contributed by atoms with Gasteiger partial charge in [-0.05, 0) is 74.8 Å². The minimum atomic E-state index is -0.514. The second-order valence-electron chi connectivity index (χ2n) is 14.5. The third-order valence-electron chi connectivity index (χ3n) is 11.4. The fourth-order valence-corrected chi connectivity index (χ4v) is 8.92. The van der Waals surface area contributed by atoms with E-state index in [4.69, 9.17) is 14.4 Å². The van der Waals surface area contributed by atoms with Crippen LogP contribution in [0.5, 0.6) is 0 Å². The van der Waals surface area contributed by atoms with Crippen LogP contribution in [0.4, 0.5) is 0 Å². The van der Waals surface area contributed by atoms with Crippen LogP contribution in [0.2, 0.25) is 0 Å². The molecule has 0 radical (unpaired) electrons. The Kier molecular flexibility index (Phi) is 7.39. The van der Waals surface area contributed by atoms with Gasteiger partial charge in [-0.3, -0.25) is 0 Å². The Morgan fingerprint density at radius 3 is 1.75 bits per heavy atom. The molecule has 0 spiro atoms. The molecule has 2 aromatic heterocycles. The summed E-state index contributed by atoms with van der Waals surface area (Å²) in [5.41, 5.74) is 15.5. The van der Waals surface area contributed by atoms with E-state index in [1.165, 1.54) is 33.4 Å². The first kappa shape index (κ1) is 32.1. The number of furan rings is 1. The Labute approximate surface area is 325 Å². The fourth-order valence-electron chi connectivity index (χ4n) is 8.92. The van der Waals surface area contributed by atoms with Crippen LogP contribution in [0.25, 0.3) is 78.1 Å². The van der Waals surface area contributed by atoms with Crippen molar-refractivity contribution < 1.29 is 4.42 Å². The van der Waals surface area contributed by atoms with Gasteiger partial charge in [-0.15, -0.1) is 0 Å². The number of rotatable bonds is 6. The largest absolute Gasteiger partial charge is 0.456 e. The van der Waals surface area contributed by atoms with E-state index in [1.54, 1.807) is 0 Å². The van der Waals surface area contributed by atoms with Gasteiger partial charge in [0.1, 0.15) is 11.2 Å². The number of nitrogens with zero attached hydrogens (tertiary/aromatic N) is 2. The normalized spacial score (nSPS) is 12.8. The molecule has 0 bridgehead atoms. The predicted octanol–water partition coefficient (Wildman–Crippen LogP) is 13.4. The van der Waals surface area contributed by atoms with Crippen LogP contribution in [0, 0.1) is 0 Å². The molecule has 262 valence electrons. The number of hydrogen-bond donors (Lipinski definition) is 0. The Morgan fingerprint density at radius 2 is 0.946 bits per heavy atom. The maximum absolute atomic E-state index is 6.36. The summed E-state index contributed by atoms with van der Waals surface area (Å²) in [6.07, 6.45) is 0. The number of hydrogen-bond acceptors (Lipinski definition) is 3. The summed E-state index contributed by atoms with van der Waals surface area (Å²) in [4.78, 5) is 10.7. The van der Waals surface area contributed by atoms with E-state index in [-0.39, 0.29) is 0 Å². The highest BCUT2D eigenvalue weighted by Gasteiger charge is 2.46. The van der Waals surface area contributed by atoms with Gasteiger partial charge >= 0.3 is 0 Å². The van der Waals surface area contributed by atoms with Gasteiger partial charge < -0.3 is 4.42 Å². The van der Waals surface area contributed by atoms with Crippen molar-refractivity contribution in [1.82, 2.24) is 9.97 Å². The molecule has 3 heteroatoms.